The minimum absolute atomic E-state index is 1.02. The normalized spacial score (nSPS) is 10.4. The zero-order valence-corrected chi connectivity index (χ0v) is 65.3. The van der Waals surface area contributed by atoms with Gasteiger partial charge in [-0.1, -0.05) is 369 Å². The number of aryl methyl sites for hydroxylation is 7. The zero-order valence-electron chi connectivity index (χ0n) is 65.3. The lowest BCUT2D eigenvalue weighted by atomic mass is 9.93. The van der Waals surface area contributed by atoms with Gasteiger partial charge >= 0.3 is 0 Å². The van der Waals surface area contributed by atoms with Gasteiger partial charge in [0.25, 0.3) is 0 Å². The van der Waals surface area contributed by atoms with Gasteiger partial charge in [0.05, 0.1) is 5.69 Å². The molecular weight excluding hydrogens is 1370 g/mol. The van der Waals surface area contributed by atoms with Gasteiger partial charge in [-0.15, -0.1) is 0 Å². The van der Waals surface area contributed by atoms with E-state index < -0.39 is 0 Å². The first-order chi connectivity index (χ1) is 55.4. The second kappa shape index (κ2) is 38.8. The number of nitrogens with zero attached hydrogens (tertiary/aromatic N) is 4. The molecule has 3 heterocycles. The molecule has 4 nitrogen and oxygen atoms in total. The van der Waals surface area contributed by atoms with Crippen molar-refractivity contribution in [2.24, 2.45) is 0 Å². The van der Waals surface area contributed by atoms with Gasteiger partial charge in [0.15, 0.2) is 0 Å². The topological polar surface area (TPSA) is 51.6 Å². The van der Waals surface area contributed by atoms with Crippen LogP contribution in [0.5, 0.6) is 0 Å². The van der Waals surface area contributed by atoms with E-state index in [0.29, 0.717) is 0 Å². The highest BCUT2D eigenvalue weighted by molar-refractivity contribution is 6.25. The van der Waals surface area contributed by atoms with E-state index in [1.54, 1.807) is 18.6 Å². The molecule has 0 atom stereocenters. The molecule has 0 fully saturated rings. The van der Waals surface area contributed by atoms with Crippen LogP contribution in [0.15, 0.2) is 432 Å². The monoisotopic (exact) mass is 1460 g/mol. The molecule has 0 saturated heterocycles. The van der Waals surface area contributed by atoms with E-state index in [2.05, 4.69) is 407 Å². The van der Waals surface area contributed by atoms with Crippen LogP contribution in [-0.2, 0) is 0 Å². The first-order valence-electron chi connectivity index (χ1n) is 38.5. The molecule has 0 spiro atoms. The number of benzene rings is 16. The largest absolute Gasteiger partial charge is 0.264 e. The molecule has 0 radical (unpaired) electrons. The molecule has 548 valence electrons. The molecule has 19 aromatic rings. The Morgan fingerprint density at radius 3 is 0.973 bits per heavy atom. The van der Waals surface area contributed by atoms with E-state index in [1.807, 2.05) is 67.8 Å². The molecular formula is C109H92N4. The van der Waals surface area contributed by atoms with Crippen LogP contribution in [0, 0.1) is 48.5 Å². The Bertz CT molecular complexity index is 5900. The summed E-state index contributed by atoms with van der Waals surface area (Å²) in [6, 6.07) is 139. The number of aromatic nitrogens is 4. The van der Waals surface area contributed by atoms with Crippen LogP contribution >= 0.6 is 0 Å². The van der Waals surface area contributed by atoms with Crippen molar-refractivity contribution in [2.45, 2.75) is 48.5 Å². The number of pyridine rings is 2. The maximum atomic E-state index is 4.42. The second-order valence-corrected chi connectivity index (χ2v) is 28.3. The molecule has 0 saturated carbocycles. The summed E-state index contributed by atoms with van der Waals surface area (Å²) in [6.07, 6.45) is 10.6. The summed E-state index contributed by atoms with van der Waals surface area (Å²) in [6.45, 7) is 14.7. The minimum atomic E-state index is 1.02. The fraction of sp³-hybridized carbons (Fsp3) is 0.0642. The summed E-state index contributed by atoms with van der Waals surface area (Å²) in [5, 5.41) is 10.8. The van der Waals surface area contributed by atoms with Crippen molar-refractivity contribution in [1.29, 1.82) is 0 Å². The molecule has 0 aliphatic rings. The Balaban J connectivity index is 0.000000117. The van der Waals surface area contributed by atoms with Crippen LogP contribution < -0.4 is 0 Å². The first-order valence-corrected chi connectivity index (χ1v) is 38.5. The highest BCUT2D eigenvalue weighted by atomic mass is 14.8. The third-order valence-electron chi connectivity index (χ3n) is 19.7. The molecule has 4 heteroatoms. The van der Waals surface area contributed by atoms with Crippen molar-refractivity contribution in [3.8, 4) is 89.1 Å². The predicted molar refractivity (Wildman–Crippen MR) is 483 cm³/mol. The van der Waals surface area contributed by atoms with Crippen LogP contribution in [0.4, 0.5) is 0 Å². The molecule has 3 aromatic heterocycles. The van der Waals surface area contributed by atoms with Crippen LogP contribution in [0.25, 0.3) is 132 Å². The molecule has 0 amide bonds. The van der Waals surface area contributed by atoms with Gasteiger partial charge in [-0.05, 0) is 229 Å². The third kappa shape index (κ3) is 21.3. The summed E-state index contributed by atoms with van der Waals surface area (Å²) >= 11 is 0. The summed E-state index contributed by atoms with van der Waals surface area (Å²) in [5.74, 6) is 0. The summed E-state index contributed by atoms with van der Waals surface area (Å²) < 4.78 is 0. The third-order valence-corrected chi connectivity index (χ3v) is 19.7. The minimum Gasteiger partial charge on any atom is -0.264 e. The van der Waals surface area contributed by atoms with E-state index >= 15 is 0 Å². The number of hydrogen-bond acceptors (Lipinski definition) is 4. The highest BCUT2D eigenvalue weighted by Gasteiger charge is 2.10. The van der Waals surface area contributed by atoms with E-state index in [9.17, 15) is 0 Å². The summed E-state index contributed by atoms with van der Waals surface area (Å²) in [7, 11) is 0. The Kier molecular flexibility index (Phi) is 26.5. The van der Waals surface area contributed by atoms with Gasteiger partial charge in [-0.2, -0.15) is 0 Å². The summed E-state index contributed by atoms with van der Waals surface area (Å²) in [5.41, 5.74) is 28.5. The number of fused-ring (bicyclic) bond motifs is 7. The maximum Gasteiger partial charge on any atom is 0.115 e. The first kappa shape index (κ1) is 77.1. The van der Waals surface area contributed by atoms with Crippen molar-refractivity contribution < 1.29 is 0 Å². The summed E-state index contributed by atoms with van der Waals surface area (Å²) in [4.78, 5) is 16.2. The average Bonchev–Trinajstić information content (AvgIpc) is 0.746. The molecule has 0 bridgehead atoms. The second-order valence-electron chi connectivity index (χ2n) is 28.3. The van der Waals surface area contributed by atoms with E-state index in [4.69, 9.17) is 0 Å². The van der Waals surface area contributed by atoms with Gasteiger partial charge in [-0.25, -0.2) is 9.97 Å². The maximum absolute atomic E-state index is 4.42. The Morgan fingerprint density at radius 2 is 0.513 bits per heavy atom. The SMILES string of the molecule is Cc1cc(-c2ccccc2)cc(-c2ccccn2)c1.Cc1cc(-c2ccccc2)cc(-c2cccnc2)c1.Cc1ccc(-c2ccc(-c3ccccc3)cc2)cc1.Cc1ccc(-c2cccc(-c3ccccc3)c2)cc1.Cc1ccc2c3ccccc3c3ccccc3c2c1.Cc1cccc2ccccc12.Cc1cncnc1. The van der Waals surface area contributed by atoms with Gasteiger partial charge < -0.3 is 0 Å². The smallest absolute Gasteiger partial charge is 0.115 e. The molecule has 0 aliphatic carbocycles. The highest BCUT2D eigenvalue weighted by Crippen LogP contribution is 2.36. The number of hydrogen-bond donors (Lipinski definition) is 0. The lowest BCUT2D eigenvalue weighted by molar-refractivity contribution is 1.13. The van der Waals surface area contributed by atoms with Gasteiger partial charge in [-0.3, -0.25) is 9.97 Å². The zero-order chi connectivity index (χ0) is 77.9. The standard InChI is InChI=1S/C19H14.2C19H16.2C18H15N.C11H10.C5H6N2/c1-13-10-11-18-16-8-3-2-6-14(16)15-7-4-5-9-17(15)19(18)12-13;1-15-10-12-17(13-11-15)19-9-5-8-18(14-19)16-6-3-2-4-7-16;1-15-7-9-17(10-8-15)19-13-11-18(12-14-19)16-5-3-2-4-6-16;1-14-11-16(15-7-3-2-4-8-15)13-17(12-14)18-9-5-6-10-19-18;1-14-10-17(15-6-3-2-4-7-15)12-18(11-14)16-8-5-9-19-13-16;1-9-5-4-7-10-6-2-3-8-11(9)10;1-5-2-6-4-7-3-5/h2-12H,1H3;2*2-14H,1H3;2*2-13H,1H3;2-8H,1H3;2-4H,1H3. The lowest BCUT2D eigenvalue weighted by Gasteiger charge is -2.10. The van der Waals surface area contributed by atoms with Crippen LogP contribution in [0.1, 0.15) is 38.9 Å². The molecule has 19 rings (SSSR count). The molecule has 113 heavy (non-hydrogen) atoms. The van der Waals surface area contributed by atoms with Crippen LogP contribution in [0.3, 0.4) is 0 Å². The lowest BCUT2D eigenvalue weighted by Crippen LogP contribution is -1.86. The van der Waals surface area contributed by atoms with E-state index in [-0.39, 0.29) is 0 Å². The van der Waals surface area contributed by atoms with Crippen molar-refractivity contribution >= 4 is 43.1 Å². The van der Waals surface area contributed by atoms with Crippen molar-refractivity contribution in [3.63, 3.8) is 0 Å². The van der Waals surface area contributed by atoms with E-state index in [1.165, 1.54) is 161 Å². The average molecular weight is 1460 g/mol. The van der Waals surface area contributed by atoms with Crippen molar-refractivity contribution in [2.75, 3.05) is 0 Å². The van der Waals surface area contributed by atoms with Gasteiger partial charge in [0.1, 0.15) is 6.33 Å². The van der Waals surface area contributed by atoms with Crippen LogP contribution in [-0.4, -0.2) is 19.9 Å². The van der Waals surface area contributed by atoms with Crippen molar-refractivity contribution in [1.82, 2.24) is 19.9 Å². The fourth-order valence-corrected chi connectivity index (χ4v) is 13.8. The molecule has 0 N–H and O–H groups in total. The molecule has 0 aliphatic heterocycles. The Morgan fingerprint density at radius 1 is 0.168 bits per heavy atom. The fourth-order valence-electron chi connectivity index (χ4n) is 13.8. The van der Waals surface area contributed by atoms with Crippen LogP contribution in [0.2, 0.25) is 0 Å². The predicted octanol–water partition coefficient (Wildman–Crippen LogP) is 29.5. The molecule has 0 unspecified atom stereocenters. The van der Waals surface area contributed by atoms with Crippen molar-refractivity contribution in [3.05, 3.63) is 471 Å². The van der Waals surface area contributed by atoms with Gasteiger partial charge in [0, 0.05) is 42.1 Å². The Labute approximate surface area is 666 Å². The number of rotatable bonds is 8. The quantitative estimate of drug-likeness (QED) is 0.142. The van der Waals surface area contributed by atoms with Gasteiger partial charge in [0.2, 0.25) is 0 Å². The molecule has 16 aromatic carbocycles. The Hall–Kier alpha value is -14.1. The van der Waals surface area contributed by atoms with E-state index in [0.717, 1.165) is 16.8 Å².